The monoisotopic (exact) mass is 480 g/mol. The second kappa shape index (κ2) is 7.80. The standard InChI is InChI=1S/C16H13IN6O4/c17-14-13(15(25)26)12-7-22(11(8-24)6-23(12)21-14)16(27)20-19-10-3-1-9(5-18)2-4-10/h1-4,11,24H,6-8H2,(H,25,26). The molecule has 2 N–H and O–H groups in total. The summed E-state index contributed by atoms with van der Waals surface area (Å²) in [4.78, 5) is 25.2. The number of carboxylic acid groups (broad SMARTS) is 1. The van der Waals surface area contributed by atoms with E-state index in [1.807, 2.05) is 28.7 Å². The van der Waals surface area contributed by atoms with E-state index in [-0.39, 0.29) is 25.3 Å². The molecule has 3 rings (SSSR count). The molecular formula is C16H13IN6O4. The van der Waals surface area contributed by atoms with Crippen LogP contribution in [0.5, 0.6) is 0 Å². The van der Waals surface area contributed by atoms with Gasteiger partial charge in [0.2, 0.25) is 0 Å². The van der Waals surface area contributed by atoms with Crippen LogP contribution in [-0.2, 0) is 13.1 Å². The summed E-state index contributed by atoms with van der Waals surface area (Å²) >= 11 is 1.83. The Kier molecular flexibility index (Phi) is 5.47. The molecule has 0 spiro atoms. The van der Waals surface area contributed by atoms with Gasteiger partial charge >= 0.3 is 12.0 Å². The zero-order valence-electron chi connectivity index (χ0n) is 13.8. The lowest BCUT2D eigenvalue weighted by Gasteiger charge is -2.33. The van der Waals surface area contributed by atoms with Crippen molar-refractivity contribution in [2.75, 3.05) is 6.61 Å². The van der Waals surface area contributed by atoms with E-state index in [1.54, 1.807) is 24.3 Å². The molecule has 10 nitrogen and oxygen atoms in total. The van der Waals surface area contributed by atoms with E-state index in [9.17, 15) is 19.8 Å². The minimum atomic E-state index is -1.13. The number of carboxylic acids is 1. The second-order valence-corrected chi connectivity index (χ2v) is 6.73. The number of nitrogens with zero attached hydrogens (tertiary/aromatic N) is 6. The molecule has 2 amide bonds. The summed E-state index contributed by atoms with van der Waals surface area (Å²) in [5.74, 6) is -1.13. The molecule has 1 atom stereocenters. The fraction of sp³-hybridized carbons (Fsp3) is 0.250. The van der Waals surface area contributed by atoms with Gasteiger partial charge < -0.3 is 15.1 Å². The highest BCUT2D eigenvalue weighted by molar-refractivity contribution is 14.1. The predicted octanol–water partition coefficient (Wildman–Crippen LogP) is 2.14. The Hall–Kier alpha value is -2.85. The molecule has 1 aromatic heterocycles. The van der Waals surface area contributed by atoms with Crippen molar-refractivity contribution in [1.29, 1.82) is 5.26 Å². The van der Waals surface area contributed by atoms with Crippen LogP contribution in [0.3, 0.4) is 0 Å². The highest BCUT2D eigenvalue weighted by Crippen LogP contribution is 2.25. The molecule has 0 saturated heterocycles. The molecule has 0 radical (unpaired) electrons. The molecule has 1 aliphatic heterocycles. The van der Waals surface area contributed by atoms with Crippen LogP contribution in [0.2, 0.25) is 0 Å². The first-order valence-corrected chi connectivity index (χ1v) is 8.84. The summed E-state index contributed by atoms with van der Waals surface area (Å²) in [6.07, 6.45) is 0. The van der Waals surface area contributed by atoms with Crippen LogP contribution in [-0.4, -0.2) is 49.5 Å². The maximum atomic E-state index is 12.5. The van der Waals surface area contributed by atoms with Gasteiger partial charge in [0.25, 0.3) is 0 Å². The second-order valence-electron chi connectivity index (χ2n) is 5.71. The van der Waals surface area contributed by atoms with Crippen LogP contribution in [0.1, 0.15) is 21.6 Å². The van der Waals surface area contributed by atoms with Gasteiger partial charge in [0.15, 0.2) is 0 Å². The SMILES string of the molecule is N#Cc1ccc(N=NC(=O)N2Cc3c(C(=O)O)c(I)nn3CC2CO)cc1. The number of aliphatic hydroxyl groups is 1. The minimum absolute atomic E-state index is 0.0359. The number of benzene rings is 1. The molecule has 0 saturated carbocycles. The zero-order chi connectivity index (χ0) is 19.6. The van der Waals surface area contributed by atoms with Crippen molar-refractivity contribution in [1.82, 2.24) is 14.7 Å². The molecule has 1 aliphatic rings. The number of fused-ring (bicyclic) bond motifs is 1. The first kappa shape index (κ1) is 18.9. The Morgan fingerprint density at radius 1 is 1.37 bits per heavy atom. The predicted molar refractivity (Wildman–Crippen MR) is 99.4 cm³/mol. The number of hydrogen-bond acceptors (Lipinski definition) is 6. The van der Waals surface area contributed by atoms with Gasteiger partial charge in [-0.2, -0.15) is 10.4 Å². The number of carbonyl (C=O) groups excluding carboxylic acids is 1. The van der Waals surface area contributed by atoms with E-state index in [0.717, 1.165) is 0 Å². The quantitative estimate of drug-likeness (QED) is 0.509. The number of amides is 2. The van der Waals surface area contributed by atoms with Gasteiger partial charge in [-0.15, -0.1) is 5.11 Å². The van der Waals surface area contributed by atoms with Gasteiger partial charge in [-0.3, -0.25) is 4.68 Å². The number of nitriles is 1. The first-order chi connectivity index (χ1) is 12.9. The Balaban J connectivity index is 1.84. The molecule has 1 unspecified atom stereocenters. The fourth-order valence-electron chi connectivity index (χ4n) is 2.72. The average Bonchev–Trinajstić information content (AvgIpc) is 3.00. The van der Waals surface area contributed by atoms with Crippen molar-refractivity contribution in [3.05, 3.63) is 44.8 Å². The lowest BCUT2D eigenvalue weighted by atomic mass is 10.1. The van der Waals surface area contributed by atoms with Crippen molar-refractivity contribution < 1.29 is 19.8 Å². The summed E-state index contributed by atoms with van der Waals surface area (Å²) in [7, 11) is 0. The van der Waals surface area contributed by atoms with E-state index in [1.165, 1.54) is 9.58 Å². The normalized spacial score (nSPS) is 16.2. The molecule has 0 bridgehead atoms. The Labute approximate surface area is 166 Å². The zero-order valence-corrected chi connectivity index (χ0v) is 15.9. The summed E-state index contributed by atoms with van der Waals surface area (Å²) < 4.78 is 1.81. The number of halogens is 1. The number of azo groups is 1. The number of urea groups is 1. The fourth-order valence-corrected chi connectivity index (χ4v) is 3.52. The highest BCUT2D eigenvalue weighted by Gasteiger charge is 2.34. The smallest absolute Gasteiger partial charge is 0.362 e. The third-order valence-corrected chi connectivity index (χ3v) is 4.83. The molecule has 11 heteroatoms. The van der Waals surface area contributed by atoms with Crippen LogP contribution in [0, 0.1) is 15.0 Å². The summed E-state index contributed by atoms with van der Waals surface area (Å²) in [6.45, 7) is -0.211. The number of aliphatic hydroxyl groups excluding tert-OH is 1. The van der Waals surface area contributed by atoms with E-state index in [2.05, 4.69) is 15.3 Å². The van der Waals surface area contributed by atoms with Gasteiger partial charge in [0, 0.05) is 0 Å². The van der Waals surface area contributed by atoms with Crippen LogP contribution >= 0.6 is 22.6 Å². The summed E-state index contributed by atoms with van der Waals surface area (Å²) in [5, 5.41) is 39.4. The number of aromatic carboxylic acids is 1. The molecule has 1 aromatic carbocycles. The highest BCUT2D eigenvalue weighted by atomic mass is 127. The minimum Gasteiger partial charge on any atom is -0.478 e. The maximum absolute atomic E-state index is 12.5. The summed E-state index contributed by atoms with van der Waals surface area (Å²) in [5.41, 5.74) is 1.26. The van der Waals surface area contributed by atoms with E-state index in [4.69, 9.17) is 5.26 Å². The Bertz CT molecular complexity index is 963. The van der Waals surface area contributed by atoms with Crippen LogP contribution < -0.4 is 0 Å². The summed E-state index contributed by atoms with van der Waals surface area (Å²) in [6, 6.07) is 6.89. The molecule has 2 aromatic rings. The lowest BCUT2D eigenvalue weighted by molar-refractivity contribution is 0.0686. The number of rotatable bonds is 3. The van der Waals surface area contributed by atoms with Gasteiger partial charge in [0.1, 0.15) is 9.26 Å². The molecular weight excluding hydrogens is 467 g/mol. The van der Waals surface area contributed by atoms with Crippen LogP contribution in [0.25, 0.3) is 0 Å². The van der Waals surface area contributed by atoms with Crippen molar-refractivity contribution >= 4 is 40.3 Å². The van der Waals surface area contributed by atoms with Crippen molar-refractivity contribution in [2.45, 2.75) is 19.1 Å². The maximum Gasteiger partial charge on any atom is 0.362 e. The largest absolute Gasteiger partial charge is 0.478 e. The Morgan fingerprint density at radius 2 is 2.07 bits per heavy atom. The lowest BCUT2D eigenvalue weighted by Crippen LogP contribution is -2.47. The van der Waals surface area contributed by atoms with Gasteiger partial charge in [0.05, 0.1) is 48.8 Å². The van der Waals surface area contributed by atoms with Gasteiger partial charge in [-0.1, -0.05) is 5.11 Å². The van der Waals surface area contributed by atoms with Crippen LogP contribution in [0.15, 0.2) is 34.5 Å². The van der Waals surface area contributed by atoms with Crippen molar-refractivity contribution in [2.24, 2.45) is 10.2 Å². The molecule has 2 heterocycles. The third kappa shape index (κ3) is 3.81. The average molecular weight is 480 g/mol. The van der Waals surface area contributed by atoms with E-state index >= 15 is 0 Å². The molecule has 138 valence electrons. The molecule has 27 heavy (non-hydrogen) atoms. The third-order valence-electron chi connectivity index (χ3n) is 4.08. The van der Waals surface area contributed by atoms with Crippen molar-refractivity contribution in [3.63, 3.8) is 0 Å². The number of aromatic nitrogens is 2. The van der Waals surface area contributed by atoms with E-state index < -0.39 is 18.0 Å². The topological polar surface area (TPSA) is 144 Å². The van der Waals surface area contributed by atoms with Gasteiger partial charge in [-0.25, -0.2) is 9.59 Å². The van der Waals surface area contributed by atoms with Crippen molar-refractivity contribution in [3.8, 4) is 6.07 Å². The van der Waals surface area contributed by atoms with Crippen LogP contribution in [0.4, 0.5) is 10.5 Å². The molecule has 0 aliphatic carbocycles. The Morgan fingerprint density at radius 3 is 2.67 bits per heavy atom. The number of carbonyl (C=O) groups is 2. The molecule has 0 fully saturated rings. The number of hydrogen-bond donors (Lipinski definition) is 2. The van der Waals surface area contributed by atoms with Gasteiger partial charge in [-0.05, 0) is 46.9 Å². The first-order valence-electron chi connectivity index (χ1n) is 7.76. The van der Waals surface area contributed by atoms with E-state index in [0.29, 0.717) is 20.6 Å².